The number of hydrogen-bond donors (Lipinski definition) is 3. The summed E-state index contributed by atoms with van der Waals surface area (Å²) in [6.07, 6.45) is 3.86. The monoisotopic (exact) mass is 310 g/mol. The van der Waals surface area contributed by atoms with Crippen molar-refractivity contribution in [3.05, 3.63) is 16.3 Å². The zero-order chi connectivity index (χ0) is 15.5. The van der Waals surface area contributed by atoms with Gasteiger partial charge in [0.2, 0.25) is 5.91 Å². The lowest BCUT2D eigenvalue weighted by Gasteiger charge is -2.40. The second-order valence-corrected chi connectivity index (χ2v) is 7.93. The molecule has 4 nitrogen and oxygen atoms in total. The smallest absolute Gasteiger partial charge is 0.221 e. The molecule has 1 aliphatic rings. The van der Waals surface area contributed by atoms with Gasteiger partial charge in [0.15, 0.2) is 0 Å². The molecule has 21 heavy (non-hydrogen) atoms. The molecule has 1 aliphatic carbocycles. The maximum Gasteiger partial charge on any atom is 0.221 e. The third-order valence-corrected chi connectivity index (χ3v) is 5.25. The van der Waals surface area contributed by atoms with Crippen LogP contribution >= 0.6 is 11.3 Å². The van der Waals surface area contributed by atoms with Crippen molar-refractivity contribution in [2.75, 3.05) is 11.9 Å². The third-order valence-electron chi connectivity index (χ3n) is 4.33. The van der Waals surface area contributed by atoms with Crippen LogP contribution in [-0.2, 0) is 11.3 Å². The number of thiophene rings is 1. The summed E-state index contributed by atoms with van der Waals surface area (Å²) in [5, 5.41) is 18.8. The Morgan fingerprint density at radius 2 is 2.00 bits per heavy atom. The van der Waals surface area contributed by atoms with Gasteiger partial charge in [-0.25, -0.2) is 0 Å². The summed E-state index contributed by atoms with van der Waals surface area (Å²) >= 11 is 1.62. The number of carbonyl (C=O) groups excluding carboxylic acids is 1. The van der Waals surface area contributed by atoms with Gasteiger partial charge < -0.3 is 15.7 Å². The summed E-state index contributed by atoms with van der Waals surface area (Å²) in [6, 6.07) is 1.92. The fourth-order valence-electron chi connectivity index (χ4n) is 2.76. The second kappa shape index (κ2) is 6.46. The van der Waals surface area contributed by atoms with Crippen LogP contribution in [0.5, 0.6) is 0 Å². The van der Waals surface area contributed by atoms with E-state index in [1.807, 2.05) is 11.4 Å². The lowest BCUT2D eigenvalue weighted by atomic mass is 9.71. The first-order valence-electron chi connectivity index (χ1n) is 7.57. The molecule has 3 N–H and O–H groups in total. The zero-order valence-electron chi connectivity index (χ0n) is 13.2. The van der Waals surface area contributed by atoms with E-state index in [1.165, 1.54) is 6.92 Å². The van der Waals surface area contributed by atoms with Crippen LogP contribution in [0.1, 0.15) is 51.3 Å². The van der Waals surface area contributed by atoms with Crippen LogP contribution in [0.2, 0.25) is 0 Å². The lowest BCUT2D eigenvalue weighted by molar-refractivity contribution is -0.114. The van der Waals surface area contributed by atoms with Gasteiger partial charge in [-0.15, -0.1) is 11.3 Å². The van der Waals surface area contributed by atoms with E-state index < -0.39 is 5.60 Å². The number of amides is 1. The zero-order valence-corrected chi connectivity index (χ0v) is 14.0. The molecule has 1 amide bonds. The molecular formula is C16H26N2O2S. The molecule has 0 radical (unpaired) electrons. The van der Waals surface area contributed by atoms with E-state index in [4.69, 9.17) is 0 Å². The first kappa shape index (κ1) is 16.5. The first-order chi connectivity index (χ1) is 9.80. The molecule has 0 atom stereocenters. The van der Waals surface area contributed by atoms with Crippen molar-refractivity contribution < 1.29 is 9.90 Å². The lowest BCUT2D eigenvalue weighted by Crippen LogP contribution is -2.44. The Balaban J connectivity index is 1.82. The molecule has 1 heterocycles. The Hall–Kier alpha value is -0.910. The highest BCUT2D eigenvalue weighted by Gasteiger charge is 2.36. The molecule has 1 saturated carbocycles. The van der Waals surface area contributed by atoms with E-state index in [0.29, 0.717) is 18.5 Å². The number of carbonyl (C=O) groups is 1. The minimum Gasteiger partial charge on any atom is -0.389 e. The maximum absolute atomic E-state index is 11.1. The fourth-order valence-corrected chi connectivity index (χ4v) is 3.56. The maximum atomic E-state index is 11.1. The van der Waals surface area contributed by atoms with Gasteiger partial charge in [0.1, 0.15) is 0 Å². The largest absolute Gasteiger partial charge is 0.389 e. The number of rotatable bonds is 5. The summed E-state index contributed by atoms with van der Waals surface area (Å²) in [7, 11) is 0. The summed E-state index contributed by atoms with van der Waals surface area (Å²) in [5.74, 6) is -0.0530. The van der Waals surface area contributed by atoms with Gasteiger partial charge in [-0.2, -0.15) is 0 Å². The van der Waals surface area contributed by atoms with Crippen molar-refractivity contribution in [2.24, 2.45) is 5.41 Å². The molecule has 1 aromatic rings. The predicted octanol–water partition coefficient (Wildman–Crippen LogP) is 3.13. The SMILES string of the molecule is CC(=O)Nc1ccsc1CNCC1(O)CCC(C)(C)CC1. The molecule has 0 bridgehead atoms. The molecule has 1 aromatic heterocycles. The van der Waals surface area contributed by atoms with Gasteiger partial charge in [-0.3, -0.25) is 4.79 Å². The number of anilines is 1. The van der Waals surface area contributed by atoms with Crippen molar-refractivity contribution in [1.82, 2.24) is 5.32 Å². The summed E-state index contributed by atoms with van der Waals surface area (Å²) in [4.78, 5) is 12.2. The van der Waals surface area contributed by atoms with Gasteiger partial charge in [0.25, 0.3) is 0 Å². The average molecular weight is 310 g/mol. The highest BCUT2D eigenvalue weighted by atomic mass is 32.1. The summed E-state index contributed by atoms with van der Waals surface area (Å²) in [6.45, 7) is 7.34. The summed E-state index contributed by atoms with van der Waals surface area (Å²) < 4.78 is 0. The highest BCUT2D eigenvalue weighted by Crippen LogP contribution is 2.39. The molecule has 118 valence electrons. The van der Waals surface area contributed by atoms with E-state index >= 15 is 0 Å². The topological polar surface area (TPSA) is 61.4 Å². The van der Waals surface area contributed by atoms with Crippen LogP contribution in [0.25, 0.3) is 0 Å². The Labute approximate surface area is 131 Å². The standard InChI is InChI=1S/C16H26N2O2S/c1-12(19)18-13-4-9-21-14(13)10-17-11-16(20)7-5-15(2,3)6-8-16/h4,9,17,20H,5-8,10-11H2,1-3H3,(H,18,19). The molecule has 0 saturated heterocycles. The van der Waals surface area contributed by atoms with Crippen LogP contribution in [0, 0.1) is 5.41 Å². The molecule has 0 aliphatic heterocycles. The van der Waals surface area contributed by atoms with E-state index in [0.717, 1.165) is 36.2 Å². The molecule has 2 rings (SSSR count). The van der Waals surface area contributed by atoms with Gasteiger partial charge >= 0.3 is 0 Å². The minimum atomic E-state index is -0.582. The first-order valence-corrected chi connectivity index (χ1v) is 8.45. The van der Waals surface area contributed by atoms with E-state index in [2.05, 4.69) is 24.5 Å². The van der Waals surface area contributed by atoms with E-state index in [-0.39, 0.29) is 5.91 Å². The molecule has 0 unspecified atom stereocenters. The second-order valence-electron chi connectivity index (χ2n) is 6.93. The van der Waals surface area contributed by atoms with Crippen molar-refractivity contribution in [3.8, 4) is 0 Å². The van der Waals surface area contributed by atoms with Crippen molar-refractivity contribution >= 4 is 22.9 Å². The third kappa shape index (κ3) is 4.80. The predicted molar refractivity (Wildman–Crippen MR) is 87.5 cm³/mol. The van der Waals surface area contributed by atoms with Crippen LogP contribution in [0.15, 0.2) is 11.4 Å². The number of aliphatic hydroxyl groups is 1. The molecular weight excluding hydrogens is 284 g/mol. The summed E-state index contributed by atoms with van der Waals surface area (Å²) in [5.41, 5.74) is 0.649. The minimum absolute atomic E-state index is 0.0530. The van der Waals surface area contributed by atoms with Gasteiger partial charge in [0, 0.05) is 24.9 Å². The normalized spacial score (nSPS) is 20.2. The van der Waals surface area contributed by atoms with Crippen molar-refractivity contribution in [3.63, 3.8) is 0 Å². The number of hydrogen-bond acceptors (Lipinski definition) is 4. The molecule has 5 heteroatoms. The van der Waals surface area contributed by atoms with E-state index in [1.54, 1.807) is 11.3 Å². The molecule has 1 fully saturated rings. The molecule has 0 spiro atoms. The van der Waals surface area contributed by atoms with Crippen LogP contribution in [0.4, 0.5) is 5.69 Å². The molecule has 0 aromatic carbocycles. The Bertz CT molecular complexity index is 486. The number of nitrogens with one attached hydrogen (secondary N) is 2. The van der Waals surface area contributed by atoms with Gasteiger partial charge in [-0.1, -0.05) is 13.8 Å². The van der Waals surface area contributed by atoms with Crippen molar-refractivity contribution in [2.45, 2.75) is 58.6 Å². The van der Waals surface area contributed by atoms with Gasteiger partial charge in [-0.05, 0) is 42.5 Å². The fraction of sp³-hybridized carbons (Fsp3) is 0.688. The Kier molecular flexibility index (Phi) is 5.07. The van der Waals surface area contributed by atoms with E-state index in [9.17, 15) is 9.90 Å². The van der Waals surface area contributed by atoms with Crippen LogP contribution in [-0.4, -0.2) is 23.2 Å². The Morgan fingerprint density at radius 1 is 1.33 bits per heavy atom. The van der Waals surface area contributed by atoms with Gasteiger partial charge in [0.05, 0.1) is 11.3 Å². The highest BCUT2D eigenvalue weighted by molar-refractivity contribution is 7.10. The average Bonchev–Trinajstić information content (AvgIpc) is 2.81. The quantitative estimate of drug-likeness (QED) is 0.783. The van der Waals surface area contributed by atoms with Crippen LogP contribution < -0.4 is 10.6 Å². The van der Waals surface area contributed by atoms with Crippen LogP contribution in [0.3, 0.4) is 0 Å². The Morgan fingerprint density at radius 3 is 2.62 bits per heavy atom. The van der Waals surface area contributed by atoms with Crippen molar-refractivity contribution in [1.29, 1.82) is 0 Å².